The summed E-state index contributed by atoms with van der Waals surface area (Å²) in [5, 5.41) is 6.96. The van der Waals surface area contributed by atoms with E-state index in [-0.39, 0.29) is 18.9 Å². The van der Waals surface area contributed by atoms with E-state index in [1.807, 2.05) is 0 Å². The van der Waals surface area contributed by atoms with Crippen molar-refractivity contribution < 1.29 is 28.7 Å². The molecular formula is C15H19N3O6S. The van der Waals surface area contributed by atoms with Crippen molar-refractivity contribution in [3.8, 4) is 0 Å². The van der Waals surface area contributed by atoms with Crippen molar-refractivity contribution in [2.24, 2.45) is 0 Å². The maximum atomic E-state index is 12.3. The summed E-state index contributed by atoms with van der Waals surface area (Å²) in [6.45, 7) is 0.718. The zero-order chi connectivity index (χ0) is 18.4. The predicted octanol–water partition coefficient (Wildman–Crippen LogP) is -0.163. The van der Waals surface area contributed by atoms with Gasteiger partial charge in [-0.1, -0.05) is 0 Å². The largest absolute Gasteiger partial charge is 0.469 e. The molecule has 2 N–H and O–H groups in total. The van der Waals surface area contributed by atoms with Crippen molar-refractivity contribution in [2.75, 3.05) is 39.2 Å². The molecule has 136 valence electrons. The molecule has 0 aliphatic carbocycles. The summed E-state index contributed by atoms with van der Waals surface area (Å²) in [6, 6.07) is 0.832. The summed E-state index contributed by atoms with van der Waals surface area (Å²) in [4.78, 5) is 49.3. The molecule has 1 unspecified atom stereocenters. The minimum Gasteiger partial charge on any atom is -0.469 e. The number of rotatable bonds is 6. The van der Waals surface area contributed by atoms with Crippen LogP contribution in [0.4, 0.5) is 5.69 Å². The van der Waals surface area contributed by atoms with E-state index in [0.29, 0.717) is 23.7 Å². The minimum atomic E-state index is -0.769. The maximum absolute atomic E-state index is 12.3. The van der Waals surface area contributed by atoms with E-state index in [1.54, 1.807) is 16.3 Å². The summed E-state index contributed by atoms with van der Waals surface area (Å²) < 4.78 is 9.26. The van der Waals surface area contributed by atoms with Crippen molar-refractivity contribution in [3.63, 3.8) is 0 Å². The van der Waals surface area contributed by atoms with Crippen molar-refractivity contribution >= 4 is 40.8 Å². The number of carbonyl (C=O) groups excluding carboxylic acids is 4. The molecule has 0 radical (unpaired) electrons. The fraction of sp³-hybridized carbons (Fsp3) is 0.467. The SMILES string of the molecule is COC(=O)CC1C(=O)NCCN1CC(=O)Nc1ccsc1C(=O)OC. The van der Waals surface area contributed by atoms with Crippen LogP contribution in [0.15, 0.2) is 11.4 Å². The van der Waals surface area contributed by atoms with E-state index in [1.165, 1.54) is 14.2 Å². The molecule has 0 spiro atoms. The number of thiophene rings is 1. The first-order chi connectivity index (χ1) is 12.0. The maximum Gasteiger partial charge on any atom is 0.350 e. The van der Waals surface area contributed by atoms with Crippen LogP contribution in [0.1, 0.15) is 16.1 Å². The van der Waals surface area contributed by atoms with E-state index >= 15 is 0 Å². The standard InChI is InChI=1S/C15H19N3O6S/c1-23-12(20)7-10-14(21)16-4-5-18(10)8-11(19)17-9-3-6-25-13(9)15(22)24-2/h3,6,10H,4-5,7-8H2,1-2H3,(H,16,21)(H,17,19). The van der Waals surface area contributed by atoms with E-state index in [9.17, 15) is 19.2 Å². The van der Waals surface area contributed by atoms with Gasteiger partial charge in [0.15, 0.2) is 0 Å². The lowest BCUT2D eigenvalue weighted by Crippen LogP contribution is -2.57. The van der Waals surface area contributed by atoms with Crippen LogP contribution in [0, 0.1) is 0 Å². The summed E-state index contributed by atoms with van der Waals surface area (Å²) >= 11 is 1.15. The Bertz CT molecular complexity index is 674. The van der Waals surface area contributed by atoms with E-state index in [2.05, 4.69) is 20.1 Å². The molecule has 0 bridgehead atoms. The average molecular weight is 369 g/mol. The van der Waals surface area contributed by atoms with Crippen LogP contribution in [0.2, 0.25) is 0 Å². The third kappa shape index (κ3) is 4.77. The Morgan fingerprint density at radius 3 is 2.80 bits per heavy atom. The van der Waals surface area contributed by atoms with Gasteiger partial charge in [0.05, 0.1) is 32.9 Å². The summed E-state index contributed by atoms with van der Waals surface area (Å²) in [5.74, 6) is -1.78. The smallest absolute Gasteiger partial charge is 0.350 e. The first kappa shape index (κ1) is 18.9. The second kappa shape index (κ2) is 8.58. The van der Waals surface area contributed by atoms with Gasteiger partial charge in [-0.25, -0.2) is 4.79 Å². The molecule has 0 aromatic carbocycles. The van der Waals surface area contributed by atoms with Crippen LogP contribution in [-0.4, -0.2) is 68.5 Å². The third-order valence-corrected chi connectivity index (χ3v) is 4.58. The fourth-order valence-corrected chi connectivity index (χ4v) is 3.21. The van der Waals surface area contributed by atoms with Crippen molar-refractivity contribution in [2.45, 2.75) is 12.5 Å². The number of nitrogens with zero attached hydrogens (tertiary/aromatic N) is 1. The minimum absolute atomic E-state index is 0.0917. The van der Waals surface area contributed by atoms with E-state index in [4.69, 9.17) is 0 Å². The summed E-state index contributed by atoms with van der Waals surface area (Å²) in [7, 11) is 2.50. The van der Waals surface area contributed by atoms with Gasteiger partial charge in [0.2, 0.25) is 11.8 Å². The summed E-state index contributed by atoms with van der Waals surface area (Å²) in [5.41, 5.74) is 0.354. The molecule has 1 aromatic rings. The average Bonchev–Trinajstić information content (AvgIpc) is 3.04. The highest BCUT2D eigenvalue weighted by atomic mass is 32.1. The first-order valence-corrected chi connectivity index (χ1v) is 8.38. The normalized spacial score (nSPS) is 17.5. The third-order valence-electron chi connectivity index (χ3n) is 3.69. The van der Waals surface area contributed by atoms with Crippen molar-refractivity contribution in [1.29, 1.82) is 0 Å². The lowest BCUT2D eigenvalue weighted by molar-refractivity contribution is -0.146. The number of nitrogens with one attached hydrogen (secondary N) is 2. The van der Waals surface area contributed by atoms with E-state index < -0.39 is 23.9 Å². The van der Waals surface area contributed by atoms with E-state index in [0.717, 1.165) is 11.3 Å². The summed E-state index contributed by atoms with van der Waals surface area (Å²) in [6.07, 6.45) is -0.137. The number of anilines is 1. The molecular weight excluding hydrogens is 350 g/mol. The number of esters is 2. The molecule has 9 nitrogen and oxygen atoms in total. The molecule has 25 heavy (non-hydrogen) atoms. The monoisotopic (exact) mass is 369 g/mol. The highest BCUT2D eigenvalue weighted by molar-refractivity contribution is 7.12. The molecule has 1 saturated heterocycles. The molecule has 1 atom stereocenters. The molecule has 1 aromatic heterocycles. The Balaban J connectivity index is 2.02. The zero-order valence-electron chi connectivity index (χ0n) is 13.9. The van der Waals surface area contributed by atoms with Gasteiger partial charge in [-0.05, 0) is 11.4 Å². The highest BCUT2D eigenvalue weighted by Crippen LogP contribution is 2.23. The van der Waals surface area contributed by atoms with Gasteiger partial charge in [0, 0.05) is 13.1 Å². The second-order valence-corrected chi connectivity index (χ2v) is 6.18. The molecule has 2 rings (SSSR count). The fourth-order valence-electron chi connectivity index (χ4n) is 2.45. The van der Waals surface area contributed by atoms with Gasteiger partial charge in [0.25, 0.3) is 0 Å². The Labute approximate surface area is 148 Å². The number of ether oxygens (including phenoxy) is 2. The van der Waals surface area contributed by atoms with Gasteiger partial charge in [-0.2, -0.15) is 0 Å². The van der Waals surface area contributed by atoms with Crippen molar-refractivity contribution in [1.82, 2.24) is 10.2 Å². The molecule has 1 fully saturated rings. The van der Waals surface area contributed by atoms with Crippen molar-refractivity contribution in [3.05, 3.63) is 16.3 Å². The second-order valence-electron chi connectivity index (χ2n) is 5.26. The van der Waals surface area contributed by atoms with Crippen LogP contribution in [0.25, 0.3) is 0 Å². The highest BCUT2D eigenvalue weighted by Gasteiger charge is 2.33. The molecule has 1 aliphatic rings. The Kier molecular flexibility index (Phi) is 6.48. The number of piperazine rings is 1. The Morgan fingerprint density at radius 1 is 1.36 bits per heavy atom. The lowest BCUT2D eigenvalue weighted by atomic mass is 10.1. The molecule has 0 saturated carbocycles. The van der Waals surface area contributed by atoms with Gasteiger partial charge < -0.3 is 20.1 Å². The zero-order valence-corrected chi connectivity index (χ0v) is 14.7. The van der Waals surface area contributed by atoms with Crippen LogP contribution in [-0.2, 0) is 23.9 Å². The van der Waals surface area contributed by atoms with Crippen LogP contribution < -0.4 is 10.6 Å². The lowest BCUT2D eigenvalue weighted by Gasteiger charge is -2.33. The number of hydrogen-bond donors (Lipinski definition) is 2. The predicted molar refractivity (Wildman–Crippen MR) is 89.3 cm³/mol. The number of carbonyl (C=O) groups is 4. The number of hydrogen-bond acceptors (Lipinski definition) is 8. The van der Waals surface area contributed by atoms with Gasteiger partial charge in [0.1, 0.15) is 10.9 Å². The topological polar surface area (TPSA) is 114 Å². The number of amides is 2. The van der Waals surface area contributed by atoms with Crippen LogP contribution in [0.5, 0.6) is 0 Å². The van der Waals surface area contributed by atoms with Gasteiger partial charge in [-0.3, -0.25) is 19.3 Å². The van der Waals surface area contributed by atoms with Gasteiger partial charge in [-0.15, -0.1) is 11.3 Å². The number of methoxy groups -OCH3 is 2. The molecule has 2 heterocycles. The first-order valence-electron chi connectivity index (χ1n) is 7.50. The van der Waals surface area contributed by atoms with Gasteiger partial charge >= 0.3 is 11.9 Å². The Hall–Kier alpha value is -2.46. The molecule has 2 amide bonds. The Morgan fingerprint density at radius 2 is 2.12 bits per heavy atom. The quantitative estimate of drug-likeness (QED) is 0.670. The molecule has 1 aliphatic heterocycles. The van der Waals surface area contributed by atoms with Crippen LogP contribution >= 0.6 is 11.3 Å². The van der Waals surface area contributed by atoms with Crippen LogP contribution in [0.3, 0.4) is 0 Å². The molecule has 10 heteroatoms.